The van der Waals surface area contributed by atoms with Crippen LogP contribution in [-0.4, -0.2) is 0 Å². The maximum absolute atomic E-state index is 5.86. The lowest BCUT2D eigenvalue weighted by atomic mass is 10.1. The largest absolute Gasteiger partial charge is 0.398 e. The third-order valence-electron chi connectivity index (χ3n) is 2.26. The molecule has 2 N–H and O–H groups in total. The van der Waals surface area contributed by atoms with Crippen molar-refractivity contribution in [2.75, 3.05) is 5.73 Å². The van der Waals surface area contributed by atoms with E-state index in [0.717, 1.165) is 11.6 Å². The molecule has 1 aromatic rings. The molecular formula is C10H13N. The first-order chi connectivity index (χ1) is 5.27. The Labute approximate surface area is 67.2 Å². The molecule has 1 aromatic carbocycles. The summed E-state index contributed by atoms with van der Waals surface area (Å²) < 4.78 is 0. The highest BCUT2D eigenvalue weighted by molar-refractivity contribution is 5.52. The summed E-state index contributed by atoms with van der Waals surface area (Å²) in [4.78, 5) is 0. The first kappa shape index (κ1) is 6.71. The molecule has 0 aromatic heterocycles. The van der Waals surface area contributed by atoms with Crippen LogP contribution in [0, 0.1) is 6.92 Å². The molecule has 0 amide bonds. The number of anilines is 1. The van der Waals surface area contributed by atoms with Crippen molar-refractivity contribution in [2.45, 2.75) is 25.7 Å². The van der Waals surface area contributed by atoms with Crippen molar-refractivity contribution in [3.8, 4) is 0 Å². The van der Waals surface area contributed by atoms with Gasteiger partial charge in [-0.3, -0.25) is 0 Å². The minimum absolute atomic E-state index is 0.774. The van der Waals surface area contributed by atoms with E-state index < -0.39 is 0 Å². The summed E-state index contributed by atoms with van der Waals surface area (Å²) in [5.41, 5.74) is 9.45. The van der Waals surface area contributed by atoms with Crippen molar-refractivity contribution in [1.29, 1.82) is 0 Å². The Balaban J connectivity index is 2.39. The van der Waals surface area contributed by atoms with Crippen molar-refractivity contribution in [2.24, 2.45) is 0 Å². The molecule has 0 atom stereocenters. The summed E-state index contributed by atoms with van der Waals surface area (Å²) in [6.07, 6.45) is 2.65. The third kappa shape index (κ3) is 1.23. The Kier molecular flexibility index (Phi) is 1.38. The van der Waals surface area contributed by atoms with E-state index >= 15 is 0 Å². The first-order valence-electron chi connectivity index (χ1n) is 4.13. The summed E-state index contributed by atoms with van der Waals surface area (Å²) in [6.45, 7) is 2.08. The van der Waals surface area contributed by atoms with E-state index in [1.165, 1.54) is 24.0 Å². The fourth-order valence-electron chi connectivity index (χ4n) is 1.46. The SMILES string of the molecule is Cc1ccc(C2CC2)c(N)c1. The van der Waals surface area contributed by atoms with Crippen LogP contribution >= 0.6 is 0 Å². The van der Waals surface area contributed by atoms with Gasteiger partial charge in [0.15, 0.2) is 0 Å². The van der Waals surface area contributed by atoms with E-state index in [9.17, 15) is 0 Å². The van der Waals surface area contributed by atoms with Gasteiger partial charge in [0, 0.05) is 5.69 Å². The highest BCUT2D eigenvalue weighted by atomic mass is 14.6. The highest BCUT2D eigenvalue weighted by Crippen LogP contribution is 2.42. The molecule has 0 spiro atoms. The molecule has 11 heavy (non-hydrogen) atoms. The molecule has 1 saturated carbocycles. The summed E-state index contributed by atoms with van der Waals surface area (Å²) in [7, 11) is 0. The van der Waals surface area contributed by atoms with Gasteiger partial charge < -0.3 is 5.73 Å². The highest BCUT2D eigenvalue weighted by Gasteiger charge is 2.24. The number of nitrogens with two attached hydrogens (primary N) is 1. The number of hydrogen-bond donors (Lipinski definition) is 1. The Morgan fingerprint density at radius 2 is 2.09 bits per heavy atom. The maximum Gasteiger partial charge on any atom is 0.0352 e. The van der Waals surface area contributed by atoms with E-state index in [4.69, 9.17) is 5.73 Å². The quantitative estimate of drug-likeness (QED) is 0.607. The van der Waals surface area contributed by atoms with Gasteiger partial charge in [-0.1, -0.05) is 12.1 Å². The van der Waals surface area contributed by atoms with Crippen molar-refractivity contribution in [1.82, 2.24) is 0 Å². The lowest BCUT2D eigenvalue weighted by molar-refractivity contribution is 1.13. The molecule has 0 unspecified atom stereocenters. The van der Waals surface area contributed by atoms with E-state index in [1.54, 1.807) is 0 Å². The Hall–Kier alpha value is -0.980. The zero-order valence-electron chi connectivity index (χ0n) is 6.80. The minimum Gasteiger partial charge on any atom is -0.398 e. The number of rotatable bonds is 1. The summed E-state index contributed by atoms with van der Waals surface area (Å²) in [6, 6.07) is 6.38. The van der Waals surface area contributed by atoms with E-state index in [1.807, 2.05) is 0 Å². The van der Waals surface area contributed by atoms with Crippen LogP contribution in [0.5, 0.6) is 0 Å². The van der Waals surface area contributed by atoms with Crippen LogP contribution in [0.25, 0.3) is 0 Å². The molecule has 0 aliphatic heterocycles. The van der Waals surface area contributed by atoms with Crippen molar-refractivity contribution >= 4 is 5.69 Å². The average molecular weight is 147 g/mol. The van der Waals surface area contributed by atoms with Crippen LogP contribution < -0.4 is 5.73 Å². The topological polar surface area (TPSA) is 26.0 Å². The second-order valence-electron chi connectivity index (χ2n) is 3.41. The van der Waals surface area contributed by atoms with Gasteiger partial charge in [0.05, 0.1) is 0 Å². The molecule has 0 bridgehead atoms. The van der Waals surface area contributed by atoms with Crippen LogP contribution in [0.1, 0.15) is 29.9 Å². The fraction of sp³-hybridized carbons (Fsp3) is 0.400. The zero-order valence-corrected chi connectivity index (χ0v) is 6.80. The molecule has 0 radical (unpaired) electrons. The molecule has 0 saturated heterocycles. The van der Waals surface area contributed by atoms with E-state index in [0.29, 0.717) is 0 Å². The van der Waals surface area contributed by atoms with Gasteiger partial charge in [-0.05, 0) is 42.9 Å². The number of nitrogen functional groups attached to an aromatic ring is 1. The molecule has 58 valence electrons. The predicted molar refractivity (Wildman–Crippen MR) is 47.6 cm³/mol. The molecule has 0 heterocycles. The van der Waals surface area contributed by atoms with Gasteiger partial charge in [0.25, 0.3) is 0 Å². The van der Waals surface area contributed by atoms with Gasteiger partial charge in [0.2, 0.25) is 0 Å². The standard InChI is InChI=1S/C10H13N/c1-7-2-5-9(8-3-4-8)10(11)6-7/h2,5-6,8H,3-4,11H2,1H3. The normalized spacial score (nSPS) is 16.8. The third-order valence-corrected chi connectivity index (χ3v) is 2.26. The van der Waals surface area contributed by atoms with Crippen molar-refractivity contribution in [3.05, 3.63) is 29.3 Å². The van der Waals surface area contributed by atoms with E-state index in [2.05, 4.69) is 25.1 Å². The van der Waals surface area contributed by atoms with E-state index in [-0.39, 0.29) is 0 Å². The molecule has 1 aliphatic rings. The fourth-order valence-corrected chi connectivity index (χ4v) is 1.46. The number of benzene rings is 1. The van der Waals surface area contributed by atoms with Gasteiger partial charge in [-0.15, -0.1) is 0 Å². The van der Waals surface area contributed by atoms with Gasteiger partial charge >= 0.3 is 0 Å². The smallest absolute Gasteiger partial charge is 0.0352 e. The molecule has 1 heteroatoms. The molecule has 1 aliphatic carbocycles. The predicted octanol–water partition coefficient (Wildman–Crippen LogP) is 2.45. The number of hydrogen-bond acceptors (Lipinski definition) is 1. The lowest BCUT2D eigenvalue weighted by Crippen LogP contribution is -1.92. The van der Waals surface area contributed by atoms with Crippen LogP contribution in [0.3, 0.4) is 0 Å². The Morgan fingerprint density at radius 3 is 2.64 bits per heavy atom. The maximum atomic E-state index is 5.86. The zero-order chi connectivity index (χ0) is 7.84. The first-order valence-corrected chi connectivity index (χ1v) is 4.13. The second kappa shape index (κ2) is 2.26. The monoisotopic (exact) mass is 147 g/mol. The van der Waals surface area contributed by atoms with Gasteiger partial charge in [0.1, 0.15) is 0 Å². The van der Waals surface area contributed by atoms with Crippen LogP contribution in [0.2, 0.25) is 0 Å². The van der Waals surface area contributed by atoms with Crippen LogP contribution in [-0.2, 0) is 0 Å². The van der Waals surface area contributed by atoms with Crippen LogP contribution in [0.15, 0.2) is 18.2 Å². The van der Waals surface area contributed by atoms with Gasteiger partial charge in [-0.25, -0.2) is 0 Å². The van der Waals surface area contributed by atoms with Gasteiger partial charge in [-0.2, -0.15) is 0 Å². The summed E-state index contributed by atoms with van der Waals surface area (Å²) in [5.74, 6) is 0.774. The molecule has 2 rings (SSSR count). The summed E-state index contributed by atoms with van der Waals surface area (Å²) >= 11 is 0. The summed E-state index contributed by atoms with van der Waals surface area (Å²) in [5, 5.41) is 0. The molecule has 1 nitrogen and oxygen atoms in total. The van der Waals surface area contributed by atoms with Crippen molar-refractivity contribution in [3.63, 3.8) is 0 Å². The van der Waals surface area contributed by atoms with Crippen LogP contribution in [0.4, 0.5) is 5.69 Å². The molecular weight excluding hydrogens is 134 g/mol. The Morgan fingerprint density at radius 1 is 1.36 bits per heavy atom. The molecule has 1 fully saturated rings. The Bertz CT molecular complexity index is 274. The second-order valence-corrected chi connectivity index (χ2v) is 3.41. The lowest BCUT2D eigenvalue weighted by Gasteiger charge is -2.03. The number of aryl methyl sites for hydroxylation is 1. The minimum atomic E-state index is 0.774. The van der Waals surface area contributed by atoms with Crippen molar-refractivity contribution < 1.29 is 0 Å². The average Bonchev–Trinajstić information content (AvgIpc) is 2.70.